The molecule has 6 heteroatoms. The predicted octanol–water partition coefficient (Wildman–Crippen LogP) is 2.57. The zero-order valence-electron chi connectivity index (χ0n) is 16.6. The first-order valence-electron chi connectivity index (χ1n) is 9.38. The first-order valence-corrected chi connectivity index (χ1v) is 9.38. The molecule has 2 amide bonds. The van der Waals surface area contributed by atoms with Crippen LogP contribution < -0.4 is 20.1 Å². The van der Waals surface area contributed by atoms with Crippen molar-refractivity contribution in [3.63, 3.8) is 0 Å². The van der Waals surface area contributed by atoms with Crippen LogP contribution >= 0.6 is 0 Å². The van der Waals surface area contributed by atoms with Crippen LogP contribution in [0.1, 0.15) is 19.4 Å². The largest absolute Gasteiger partial charge is 0.493 e. The van der Waals surface area contributed by atoms with Crippen LogP contribution in [0.3, 0.4) is 0 Å². The van der Waals surface area contributed by atoms with Gasteiger partial charge in [-0.15, -0.1) is 0 Å². The second kappa shape index (κ2) is 11.0. The Morgan fingerprint density at radius 3 is 2.25 bits per heavy atom. The minimum Gasteiger partial charge on any atom is -0.493 e. The van der Waals surface area contributed by atoms with Gasteiger partial charge in [0.15, 0.2) is 11.5 Å². The molecule has 0 fully saturated rings. The van der Waals surface area contributed by atoms with Gasteiger partial charge in [-0.2, -0.15) is 0 Å². The summed E-state index contributed by atoms with van der Waals surface area (Å²) in [4.78, 5) is 24.8. The molecule has 6 nitrogen and oxygen atoms in total. The topological polar surface area (TPSA) is 76.7 Å². The second-order valence-electron chi connectivity index (χ2n) is 6.74. The first-order chi connectivity index (χ1) is 13.5. The van der Waals surface area contributed by atoms with Crippen molar-refractivity contribution in [1.29, 1.82) is 0 Å². The van der Waals surface area contributed by atoms with E-state index in [2.05, 4.69) is 10.6 Å². The zero-order chi connectivity index (χ0) is 20.4. The van der Waals surface area contributed by atoms with Crippen LogP contribution in [0.4, 0.5) is 0 Å². The quantitative estimate of drug-likeness (QED) is 0.618. The van der Waals surface area contributed by atoms with E-state index in [1.54, 1.807) is 13.2 Å². The number of nitrogens with one attached hydrogen (secondary N) is 2. The van der Waals surface area contributed by atoms with Gasteiger partial charge in [-0.05, 0) is 23.6 Å². The van der Waals surface area contributed by atoms with Crippen LogP contribution in [-0.4, -0.2) is 38.1 Å². The Bertz CT molecular complexity index is 762. The molecule has 0 bridgehead atoms. The number of benzene rings is 2. The number of ether oxygens (including phenoxy) is 2. The summed E-state index contributed by atoms with van der Waals surface area (Å²) in [6.45, 7) is 4.43. The van der Waals surface area contributed by atoms with Crippen molar-refractivity contribution < 1.29 is 19.1 Å². The van der Waals surface area contributed by atoms with Gasteiger partial charge < -0.3 is 20.1 Å². The lowest BCUT2D eigenvalue weighted by molar-refractivity contribution is -0.129. The highest BCUT2D eigenvalue weighted by Crippen LogP contribution is 2.25. The molecule has 1 unspecified atom stereocenters. The zero-order valence-corrected chi connectivity index (χ0v) is 16.6. The van der Waals surface area contributed by atoms with Gasteiger partial charge in [0.05, 0.1) is 20.1 Å². The summed E-state index contributed by atoms with van der Waals surface area (Å²) in [5, 5.41) is 5.65. The molecule has 1 atom stereocenters. The van der Waals surface area contributed by atoms with Crippen molar-refractivity contribution in [1.82, 2.24) is 10.6 Å². The molecule has 0 saturated heterocycles. The Morgan fingerprint density at radius 1 is 0.964 bits per heavy atom. The van der Waals surface area contributed by atoms with E-state index in [9.17, 15) is 9.59 Å². The fourth-order valence-electron chi connectivity index (χ4n) is 2.72. The number of methoxy groups -OCH3 is 1. The van der Waals surface area contributed by atoms with Crippen LogP contribution in [0.15, 0.2) is 54.6 Å². The number of hydrogen-bond donors (Lipinski definition) is 2. The molecule has 2 aromatic carbocycles. The van der Waals surface area contributed by atoms with Gasteiger partial charge in [0, 0.05) is 0 Å². The lowest BCUT2D eigenvalue weighted by Gasteiger charge is -2.22. The second-order valence-corrected chi connectivity index (χ2v) is 6.74. The Labute approximate surface area is 166 Å². The SMILES string of the molecule is COc1ccccc1OCCNC(=O)C(NC(=O)Cc1ccccc1)C(C)C. The fraction of sp³-hybridized carbons (Fsp3) is 0.364. The number of para-hydroxylation sites is 2. The highest BCUT2D eigenvalue weighted by molar-refractivity contribution is 5.88. The molecule has 150 valence electrons. The summed E-state index contributed by atoms with van der Waals surface area (Å²) in [6, 6.07) is 16.2. The summed E-state index contributed by atoms with van der Waals surface area (Å²) >= 11 is 0. The van der Waals surface area contributed by atoms with Crippen molar-refractivity contribution in [3.8, 4) is 11.5 Å². The molecule has 2 rings (SSSR count). The molecular formula is C22H28N2O4. The monoisotopic (exact) mass is 384 g/mol. The van der Waals surface area contributed by atoms with Gasteiger partial charge >= 0.3 is 0 Å². The lowest BCUT2D eigenvalue weighted by atomic mass is 10.0. The summed E-state index contributed by atoms with van der Waals surface area (Å²) in [7, 11) is 1.58. The lowest BCUT2D eigenvalue weighted by Crippen LogP contribution is -2.50. The normalized spacial score (nSPS) is 11.6. The van der Waals surface area contributed by atoms with Gasteiger partial charge in [0.1, 0.15) is 12.6 Å². The number of rotatable bonds is 10. The van der Waals surface area contributed by atoms with Crippen LogP contribution in [-0.2, 0) is 16.0 Å². The van der Waals surface area contributed by atoms with Gasteiger partial charge in [0.25, 0.3) is 0 Å². The molecule has 0 saturated carbocycles. The number of hydrogen-bond acceptors (Lipinski definition) is 4. The molecule has 0 heterocycles. The minimum absolute atomic E-state index is 0.0325. The van der Waals surface area contributed by atoms with Crippen molar-refractivity contribution in [3.05, 3.63) is 60.2 Å². The first kappa shape index (κ1) is 21.3. The van der Waals surface area contributed by atoms with Crippen molar-refractivity contribution >= 4 is 11.8 Å². The molecule has 0 aliphatic heterocycles. The Balaban J connectivity index is 1.81. The third-order valence-electron chi connectivity index (χ3n) is 4.20. The number of carbonyl (C=O) groups excluding carboxylic acids is 2. The van der Waals surface area contributed by atoms with Gasteiger partial charge in [-0.3, -0.25) is 9.59 Å². The van der Waals surface area contributed by atoms with Gasteiger partial charge in [-0.1, -0.05) is 56.3 Å². The highest BCUT2D eigenvalue weighted by Gasteiger charge is 2.23. The predicted molar refractivity (Wildman–Crippen MR) is 108 cm³/mol. The molecule has 0 aliphatic rings. The molecular weight excluding hydrogens is 356 g/mol. The average Bonchev–Trinajstić information content (AvgIpc) is 2.70. The molecule has 2 aromatic rings. The van der Waals surface area contributed by atoms with E-state index in [1.807, 2.05) is 62.4 Å². The maximum atomic E-state index is 12.5. The average molecular weight is 384 g/mol. The maximum absolute atomic E-state index is 12.5. The third kappa shape index (κ3) is 6.61. The minimum atomic E-state index is -0.595. The molecule has 0 aliphatic carbocycles. The Kier molecular flexibility index (Phi) is 8.34. The van der Waals surface area contributed by atoms with Crippen molar-refractivity contribution in [2.45, 2.75) is 26.3 Å². The maximum Gasteiger partial charge on any atom is 0.242 e. The molecule has 0 radical (unpaired) electrons. The summed E-state index contributed by atoms with van der Waals surface area (Å²) in [5.74, 6) is 0.832. The fourth-order valence-corrected chi connectivity index (χ4v) is 2.72. The molecule has 0 spiro atoms. The molecule has 28 heavy (non-hydrogen) atoms. The van der Waals surface area contributed by atoms with Crippen LogP contribution in [0.2, 0.25) is 0 Å². The van der Waals surface area contributed by atoms with Crippen molar-refractivity contribution in [2.24, 2.45) is 5.92 Å². The van der Waals surface area contributed by atoms with Crippen LogP contribution in [0, 0.1) is 5.92 Å². The Morgan fingerprint density at radius 2 is 1.61 bits per heavy atom. The van der Waals surface area contributed by atoms with E-state index < -0.39 is 6.04 Å². The van der Waals surface area contributed by atoms with E-state index in [4.69, 9.17) is 9.47 Å². The molecule has 0 aromatic heterocycles. The van der Waals surface area contributed by atoms with E-state index >= 15 is 0 Å². The van der Waals surface area contributed by atoms with E-state index in [1.165, 1.54) is 0 Å². The van der Waals surface area contributed by atoms with Crippen LogP contribution in [0.25, 0.3) is 0 Å². The number of amides is 2. The number of carbonyl (C=O) groups is 2. The summed E-state index contributed by atoms with van der Waals surface area (Å²) < 4.78 is 10.9. The third-order valence-corrected chi connectivity index (χ3v) is 4.20. The van der Waals surface area contributed by atoms with Gasteiger partial charge in [-0.25, -0.2) is 0 Å². The summed E-state index contributed by atoms with van der Waals surface area (Å²) in [5.41, 5.74) is 0.910. The van der Waals surface area contributed by atoms with Crippen LogP contribution in [0.5, 0.6) is 11.5 Å². The summed E-state index contributed by atoms with van der Waals surface area (Å²) in [6.07, 6.45) is 0.244. The Hall–Kier alpha value is -3.02. The standard InChI is InChI=1S/C22H28N2O4/c1-16(2)21(24-20(25)15-17-9-5-4-6-10-17)22(26)23-13-14-28-19-12-8-7-11-18(19)27-3/h4-12,16,21H,13-15H2,1-3H3,(H,23,26)(H,24,25). The van der Waals surface area contributed by atoms with Gasteiger partial charge in [0.2, 0.25) is 11.8 Å². The van der Waals surface area contributed by atoms with E-state index in [-0.39, 0.29) is 24.2 Å². The van der Waals surface area contributed by atoms with E-state index in [0.717, 1.165) is 5.56 Å². The molecule has 2 N–H and O–H groups in total. The highest BCUT2D eigenvalue weighted by atomic mass is 16.5. The van der Waals surface area contributed by atoms with E-state index in [0.29, 0.717) is 24.7 Å². The van der Waals surface area contributed by atoms with Crippen molar-refractivity contribution in [2.75, 3.05) is 20.3 Å². The smallest absolute Gasteiger partial charge is 0.242 e.